The molecule has 1 amide bonds. The quantitative estimate of drug-likeness (QED) is 0.443. The molecule has 8 heteroatoms. The van der Waals surface area contributed by atoms with E-state index in [1.807, 2.05) is 16.7 Å². The van der Waals surface area contributed by atoms with Crippen molar-refractivity contribution in [1.29, 1.82) is 0 Å². The summed E-state index contributed by atoms with van der Waals surface area (Å²) in [6.45, 7) is 9.13. The number of hydrogen-bond acceptors (Lipinski definition) is 5. The van der Waals surface area contributed by atoms with Crippen LogP contribution in [0.1, 0.15) is 38.9 Å². The topological polar surface area (TPSA) is 69.0 Å². The largest absolute Gasteiger partial charge is 0.486 e. The van der Waals surface area contributed by atoms with E-state index < -0.39 is 0 Å². The summed E-state index contributed by atoms with van der Waals surface area (Å²) >= 11 is 7.29. The maximum atomic E-state index is 12.5. The van der Waals surface area contributed by atoms with E-state index in [2.05, 4.69) is 35.9 Å². The number of allylic oxidation sites excluding steroid dienone is 1. The van der Waals surface area contributed by atoms with Crippen molar-refractivity contribution < 1.29 is 9.53 Å². The number of carbonyl (C=O) groups is 1. The zero-order chi connectivity index (χ0) is 21.5. The zero-order valence-electron chi connectivity index (χ0n) is 17.5. The standard InChI is InChI=1S/C22H29ClN4O2S/c1-4-12-27-20(13-29-18-10-8-17(23)9-11-18)25-26-22(27)30-14-21(28)24-19-7-5-6-15(2)16(19)3/h4,8-11,15-16,19H,1,5-7,12-14H2,2-3H3,(H,24,28)/t15-,16+,19-/m1/s1. The second-order valence-electron chi connectivity index (χ2n) is 7.77. The molecular formula is C22H29ClN4O2S. The highest BCUT2D eigenvalue weighted by Crippen LogP contribution is 2.29. The van der Waals surface area contributed by atoms with Gasteiger partial charge < -0.3 is 10.1 Å². The van der Waals surface area contributed by atoms with E-state index in [1.165, 1.54) is 24.6 Å². The number of nitrogens with one attached hydrogen (secondary N) is 1. The van der Waals surface area contributed by atoms with Crippen LogP contribution in [0.2, 0.25) is 5.02 Å². The molecule has 1 saturated carbocycles. The van der Waals surface area contributed by atoms with Gasteiger partial charge in [-0.2, -0.15) is 0 Å². The molecule has 3 atom stereocenters. The highest BCUT2D eigenvalue weighted by molar-refractivity contribution is 7.99. The molecule has 0 unspecified atom stereocenters. The van der Waals surface area contributed by atoms with Crippen LogP contribution >= 0.6 is 23.4 Å². The van der Waals surface area contributed by atoms with E-state index in [-0.39, 0.29) is 18.6 Å². The molecule has 1 N–H and O–H groups in total. The lowest BCUT2D eigenvalue weighted by Crippen LogP contribution is -2.44. The lowest BCUT2D eigenvalue weighted by atomic mass is 9.78. The Morgan fingerprint density at radius 2 is 2.10 bits per heavy atom. The Labute approximate surface area is 187 Å². The minimum atomic E-state index is 0.0399. The number of amides is 1. The Morgan fingerprint density at radius 3 is 2.83 bits per heavy atom. The highest BCUT2D eigenvalue weighted by atomic mass is 35.5. The summed E-state index contributed by atoms with van der Waals surface area (Å²) in [5.74, 6) is 2.90. The molecule has 0 radical (unpaired) electrons. The fourth-order valence-electron chi connectivity index (χ4n) is 3.69. The summed E-state index contributed by atoms with van der Waals surface area (Å²) in [7, 11) is 0. The van der Waals surface area contributed by atoms with Gasteiger partial charge in [-0.1, -0.05) is 56.1 Å². The monoisotopic (exact) mass is 448 g/mol. The maximum Gasteiger partial charge on any atom is 0.230 e. The summed E-state index contributed by atoms with van der Waals surface area (Å²) in [4.78, 5) is 12.5. The average Bonchev–Trinajstić information content (AvgIpc) is 3.11. The lowest BCUT2D eigenvalue weighted by molar-refractivity contribution is -0.120. The van der Waals surface area contributed by atoms with Crippen molar-refractivity contribution in [2.75, 3.05) is 5.75 Å². The summed E-state index contributed by atoms with van der Waals surface area (Å²) in [5, 5.41) is 13.0. The van der Waals surface area contributed by atoms with Gasteiger partial charge in [-0.15, -0.1) is 16.8 Å². The van der Waals surface area contributed by atoms with Crippen LogP contribution in [0.15, 0.2) is 42.1 Å². The number of nitrogens with zero attached hydrogens (tertiary/aromatic N) is 3. The van der Waals surface area contributed by atoms with Crippen LogP contribution in [0.3, 0.4) is 0 Å². The first kappa shape index (κ1) is 22.7. The Bertz CT molecular complexity index is 855. The molecule has 0 bridgehead atoms. The third-order valence-electron chi connectivity index (χ3n) is 5.67. The molecule has 1 aliphatic rings. The van der Waals surface area contributed by atoms with Gasteiger partial charge in [0.15, 0.2) is 11.0 Å². The molecule has 30 heavy (non-hydrogen) atoms. The normalized spacial score (nSPS) is 21.2. The Kier molecular flexibility index (Phi) is 8.22. The van der Waals surface area contributed by atoms with Crippen molar-refractivity contribution >= 4 is 29.3 Å². The van der Waals surface area contributed by atoms with Gasteiger partial charge in [0.05, 0.1) is 5.75 Å². The van der Waals surface area contributed by atoms with Gasteiger partial charge in [0.1, 0.15) is 12.4 Å². The van der Waals surface area contributed by atoms with Gasteiger partial charge in [-0.05, 0) is 42.5 Å². The first-order chi connectivity index (χ1) is 14.5. The summed E-state index contributed by atoms with van der Waals surface area (Å²) in [6.07, 6.45) is 5.26. The van der Waals surface area contributed by atoms with Crippen LogP contribution in [0.4, 0.5) is 0 Å². The number of carbonyl (C=O) groups excluding carboxylic acids is 1. The van der Waals surface area contributed by atoms with Gasteiger partial charge >= 0.3 is 0 Å². The molecule has 1 aromatic heterocycles. The van der Waals surface area contributed by atoms with Gasteiger partial charge in [0.25, 0.3) is 0 Å². The molecule has 162 valence electrons. The molecule has 1 aromatic carbocycles. The van der Waals surface area contributed by atoms with Crippen molar-refractivity contribution in [2.45, 2.75) is 57.5 Å². The first-order valence-electron chi connectivity index (χ1n) is 10.3. The van der Waals surface area contributed by atoms with Crippen LogP contribution in [0.25, 0.3) is 0 Å². The van der Waals surface area contributed by atoms with E-state index in [0.717, 1.165) is 6.42 Å². The van der Waals surface area contributed by atoms with E-state index in [9.17, 15) is 4.79 Å². The van der Waals surface area contributed by atoms with E-state index in [0.29, 0.717) is 45.9 Å². The molecular weight excluding hydrogens is 420 g/mol. The Morgan fingerprint density at radius 1 is 1.33 bits per heavy atom. The van der Waals surface area contributed by atoms with Crippen LogP contribution in [-0.2, 0) is 17.9 Å². The molecule has 2 aromatic rings. The molecule has 1 aliphatic carbocycles. The van der Waals surface area contributed by atoms with Crippen molar-refractivity contribution in [1.82, 2.24) is 20.1 Å². The molecule has 0 aliphatic heterocycles. The smallest absolute Gasteiger partial charge is 0.230 e. The van der Waals surface area contributed by atoms with Crippen LogP contribution < -0.4 is 10.1 Å². The lowest BCUT2D eigenvalue weighted by Gasteiger charge is -2.34. The summed E-state index contributed by atoms with van der Waals surface area (Å²) in [6, 6.07) is 7.43. The minimum absolute atomic E-state index is 0.0399. The van der Waals surface area contributed by atoms with Crippen LogP contribution in [0, 0.1) is 11.8 Å². The van der Waals surface area contributed by atoms with Crippen LogP contribution in [-0.4, -0.2) is 32.5 Å². The fourth-order valence-corrected chi connectivity index (χ4v) is 4.59. The summed E-state index contributed by atoms with van der Waals surface area (Å²) in [5.41, 5.74) is 0. The maximum absolute atomic E-state index is 12.5. The molecule has 0 saturated heterocycles. The second-order valence-corrected chi connectivity index (χ2v) is 9.15. The van der Waals surface area contributed by atoms with Crippen LogP contribution in [0.5, 0.6) is 5.75 Å². The number of hydrogen-bond donors (Lipinski definition) is 1. The SMILES string of the molecule is C=CCn1c(COc2ccc(Cl)cc2)nnc1SCC(=O)N[C@@H]1CCC[C@@H](C)[C@@H]1C. The first-order valence-corrected chi connectivity index (χ1v) is 11.7. The molecule has 6 nitrogen and oxygen atoms in total. The van der Waals surface area contributed by atoms with Gasteiger partial charge in [0, 0.05) is 17.6 Å². The number of halogens is 1. The minimum Gasteiger partial charge on any atom is -0.486 e. The summed E-state index contributed by atoms with van der Waals surface area (Å²) < 4.78 is 7.71. The predicted octanol–water partition coefficient (Wildman–Crippen LogP) is 4.73. The molecule has 1 fully saturated rings. The number of aromatic nitrogens is 3. The van der Waals surface area contributed by atoms with E-state index in [4.69, 9.17) is 16.3 Å². The third-order valence-corrected chi connectivity index (χ3v) is 6.89. The third kappa shape index (κ3) is 6.01. The van der Waals surface area contributed by atoms with Gasteiger partial charge in [-0.3, -0.25) is 9.36 Å². The highest BCUT2D eigenvalue weighted by Gasteiger charge is 2.28. The van der Waals surface area contributed by atoms with Crippen molar-refractivity contribution in [3.05, 3.63) is 47.8 Å². The van der Waals surface area contributed by atoms with E-state index >= 15 is 0 Å². The van der Waals surface area contributed by atoms with Gasteiger partial charge in [-0.25, -0.2) is 0 Å². The number of thioether (sulfide) groups is 1. The number of rotatable bonds is 9. The Balaban J connectivity index is 1.56. The van der Waals surface area contributed by atoms with E-state index in [1.54, 1.807) is 18.2 Å². The Hall–Kier alpha value is -1.99. The molecule has 3 rings (SSSR count). The zero-order valence-corrected chi connectivity index (χ0v) is 19.1. The molecule has 0 spiro atoms. The second kappa shape index (κ2) is 10.9. The average molecular weight is 449 g/mol. The molecule has 1 heterocycles. The van der Waals surface area contributed by atoms with Crippen molar-refractivity contribution in [3.63, 3.8) is 0 Å². The van der Waals surface area contributed by atoms with Crippen molar-refractivity contribution in [3.8, 4) is 5.75 Å². The number of benzene rings is 1. The number of ether oxygens (including phenoxy) is 1. The predicted molar refractivity (Wildman–Crippen MR) is 121 cm³/mol. The fraction of sp³-hybridized carbons (Fsp3) is 0.500. The van der Waals surface area contributed by atoms with Crippen molar-refractivity contribution in [2.24, 2.45) is 11.8 Å². The van der Waals surface area contributed by atoms with Gasteiger partial charge in [0.2, 0.25) is 5.91 Å².